The second-order valence-corrected chi connectivity index (χ2v) is 5.19. The molecule has 0 radical (unpaired) electrons. The van der Waals surface area contributed by atoms with Gasteiger partial charge in [-0.2, -0.15) is 0 Å². The van der Waals surface area contributed by atoms with Crippen molar-refractivity contribution in [1.29, 1.82) is 0 Å². The van der Waals surface area contributed by atoms with Crippen LogP contribution in [0.4, 0.5) is 11.6 Å². The summed E-state index contributed by atoms with van der Waals surface area (Å²) in [4.78, 5) is 20.7. The van der Waals surface area contributed by atoms with Crippen LogP contribution in [0, 0.1) is 0 Å². The van der Waals surface area contributed by atoms with Gasteiger partial charge in [0.15, 0.2) is 0 Å². The molecular formula is C18H18N4O. The van der Waals surface area contributed by atoms with Gasteiger partial charge in [-0.1, -0.05) is 31.2 Å². The maximum Gasteiger partial charge on any atom is 0.251 e. The first-order valence-electron chi connectivity index (χ1n) is 7.63. The van der Waals surface area contributed by atoms with E-state index in [1.165, 1.54) is 0 Å². The Bertz CT molecular complexity index is 827. The average molecular weight is 306 g/mol. The number of pyridine rings is 2. The predicted octanol–water partition coefficient (Wildman–Crippen LogP) is 3.51. The largest absolute Gasteiger partial charge is 0.352 e. The van der Waals surface area contributed by atoms with Crippen LogP contribution in [0.2, 0.25) is 0 Å². The Hall–Kier alpha value is -2.95. The quantitative estimate of drug-likeness (QED) is 0.757. The summed E-state index contributed by atoms with van der Waals surface area (Å²) in [7, 11) is 0. The topological polar surface area (TPSA) is 66.9 Å². The summed E-state index contributed by atoms with van der Waals surface area (Å²) in [5.74, 6) is 1.22. The number of aromatic nitrogens is 2. The van der Waals surface area contributed by atoms with Gasteiger partial charge in [0.05, 0.1) is 0 Å². The van der Waals surface area contributed by atoms with E-state index < -0.39 is 0 Å². The van der Waals surface area contributed by atoms with Crippen molar-refractivity contribution in [2.45, 2.75) is 13.3 Å². The first kappa shape index (κ1) is 15.0. The van der Waals surface area contributed by atoms with Gasteiger partial charge in [-0.25, -0.2) is 9.97 Å². The van der Waals surface area contributed by atoms with Crippen molar-refractivity contribution >= 4 is 28.3 Å². The van der Waals surface area contributed by atoms with Gasteiger partial charge in [0.25, 0.3) is 5.91 Å². The van der Waals surface area contributed by atoms with Crippen LogP contribution in [0.1, 0.15) is 23.7 Å². The number of carbonyl (C=O) groups excluding carboxylic acids is 1. The Morgan fingerprint density at radius 2 is 1.91 bits per heavy atom. The summed E-state index contributed by atoms with van der Waals surface area (Å²) in [6, 6.07) is 13.4. The van der Waals surface area contributed by atoms with Crippen LogP contribution in [-0.4, -0.2) is 22.4 Å². The van der Waals surface area contributed by atoms with E-state index >= 15 is 0 Å². The molecule has 0 unspecified atom stereocenters. The summed E-state index contributed by atoms with van der Waals surface area (Å²) in [5, 5.41) is 8.17. The zero-order chi connectivity index (χ0) is 16.1. The molecule has 0 atom stereocenters. The van der Waals surface area contributed by atoms with E-state index in [-0.39, 0.29) is 5.91 Å². The number of amides is 1. The fourth-order valence-electron chi connectivity index (χ4n) is 2.32. The number of benzene rings is 1. The zero-order valence-electron chi connectivity index (χ0n) is 12.9. The molecule has 0 fully saturated rings. The minimum Gasteiger partial charge on any atom is -0.352 e. The third kappa shape index (κ3) is 3.45. The SMILES string of the molecule is CCCNC(=O)c1ccnc(Nc2nccc3ccccc23)c1. The van der Waals surface area contributed by atoms with Crippen molar-refractivity contribution in [3.8, 4) is 0 Å². The molecule has 116 valence electrons. The molecule has 2 N–H and O–H groups in total. The van der Waals surface area contributed by atoms with E-state index in [0.717, 1.165) is 23.0 Å². The summed E-state index contributed by atoms with van der Waals surface area (Å²) < 4.78 is 0. The lowest BCUT2D eigenvalue weighted by Crippen LogP contribution is -2.24. The minimum atomic E-state index is -0.0943. The molecular weight excluding hydrogens is 288 g/mol. The highest BCUT2D eigenvalue weighted by atomic mass is 16.1. The first-order chi connectivity index (χ1) is 11.3. The van der Waals surface area contributed by atoms with Gasteiger partial charge in [0.1, 0.15) is 11.6 Å². The summed E-state index contributed by atoms with van der Waals surface area (Å²) in [5.41, 5.74) is 0.580. The molecule has 0 spiro atoms. The van der Waals surface area contributed by atoms with Gasteiger partial charge in [-0.15, -0.1) is 0 Å². The second kappa shape index (κ2) is 6.87. The van der Waals surface area contributed by atoms with E-state index in [9.17, 15) is 4.79 Å². The molecule has 1 amide bonds. The Kier molecular flexibility index (Phi) is 4.47. The Balaban J connectivity index is 1.86. The van der Waals surface area contributed by atoms with Crippen molar-refractivity contribution in [3.63, 3.8) is 0 Å². The molecule has 0 aliphatic rings. The van der Waals surface area contributed by atoms with Crippen LogP contribution in [0.25, 0.3) is 10.8 Å². The molecule has 5 nitrogen and oxygen atoms in total. The van der Waals surface area contributed by atoms with Crippen molar-refractivity contribution < 1.29 is 4.79 Å². The highest BCUT2D eigenvalue weighted by molar-refractivity contribution is 5.96. The van der Waals surface area contributed by atoms with Gasteiger partial charge in [-0.3, -0.25) is 4.79 Å². The van der Waals surface area contributed by atoms with Crippen LogP contribution in [0.5, 0.6) is 0 Å². The van der Waals surface area contributed by atoms with E-state index in [4.69, 9.17) is 0 Å². The van der Waals surface area contributed by atoms with Crippen LogP contribution < -0.4 is 10.6 Å². The van der Waals surface area contributed by atoms with Crippen molar-refractivity contribution in [1.82, 2.24) is 15.3 Å². The average Bonchev–Trinajstić information content (AvgIpc) is 2.60. The number of hydrogen-bond donors (Lipinski definition) is 2. The number of nitrogens with zero attached hydrogens (tertiary/aromatic N) is 2. The van der Waals surface area contributed by atoms with E-state index in [2.05, 4.69) is 20.6 Å². The smallest absolute Gasteiger partial charge is 0.251 e. The van der Waals surface area contributed by atoms with Crippen LogP contribution in [-0.2, 0) is 0 Å². The summed E-state index contributed by atoms with van der Waals surface area (Å²) in [6.07, 6.45) is 4.28. The monoisotopic (exact) mass is 306 g/mol. The third-order valence-corrected chi connectivity index (χ3v) is 3.48. The number of nitrogens with one attached hydrogen (secondary N) is 2. The maximum atomic E-state index is 12.0. The van der Waals surface area contributed by atoms with E-state index in [1.807, 2.05) is 37.3 Å². The summed E-state index contributed by atoms with van der Waals surface area (Å²) in [6.45, 7) is 2.68. The second-order valence-electron chi connectivity index (χ2n) is 5.19. The highest BCUT2D eigenvalue weighted by Gasteiger charge is 2.08. The molecule has 0 aliphatic carbocycles. The molecule has 23 heavy (non-hydrogen) atoms. The van der Waals surface area contributed by atoms with Gasteiger partial charge < -0.3 is 10.6 Å². The van der Waals surface area contributed by atoms with E-state index in [0.29, 0.717) is 17.9 Å². The zero-order valence-corrected chi connectivity index (χ0v) is 12.9. The van der Waals surface area contributed by atoms with Crippen molar-refractivity contribution in [2.24, 2.45) is 0 Å². The number of carbonyl (C=O) groups is 1. The lowest BCUT2D eigenvalue weighted by molar-refractivity contribution is 0.0953. The lowest BCUT2D eigenvalue weighted by atomic mass is 10.1. The highest BCUT2D eigenvalue weighted by Crippen LogP contribution is 2.23. The number of anilines is 2. The molecule has 3 rings (SSSR count). The molecule has 0 saturated heterocycles. The molecule has 0 saturated carbocycles. The lowest BCUT2D eigenvalue weighted by Gasteiger charge is -2.09. The van der Waals surface area contributed by atoms with Crippen LogP contribution in [0.15, 0.2) is 54.9 Å². The van der Waals surface area contributed by atoms with Crippen LogP contribution in [0.3, 0.4) is 0 Å². The van der Waals surface area contributed by atoms with Crippen LogP contribution >= 0.6 is 0 Å². The van der Waals surface area contributed by atoms with Gasteiger partial charge >= 0.3 is 0 Å². The molecule has 0 aliphatic heterocycles. The number of fused-ring (bicyclic) bond motifs is 1. The summed E-state index contributed by atoms with van der Waals surface area (Å²) >= 11 is 0. The van der Waals surface area contributed by atoms with Gasteiger partial charge in [0, 0.05) is 29.9 Å². The van der Waals surface area contributed by atoms with Gasteiger partial charge in [0.2, 0.25) is 0 Å². The fourth-order valence-corrected chi connectivity index (χ4v) is 2.32. The van der Waals surface area contributed by atoms with Crippen molar-refractivity contribution in [2.75, 3.05) is 11.9 Å². The molecule has 1 aromatic carbocycles. The third-order valence-electron chi connectivity index (χ3n) is 3.48. The molecule has 5 heteroatoms. The minimum absolute atomic E-state index is 0.0943. The Morgan fingerprint density at radius 3 is 2.78 bits per heavy atom. The standard InChI is InChI=1S/C18H18N4O/c1-2-9-21-18(23)14-8-10-19-16(12-14)22-17-15-6-4-3-5-13(15)7-11-20-17/h3-8,10-12H,2,9H2,1H3,(H,21,23)(H,19,20,22). The number of rotatable bonds is 5. The van der Waals surface area contributed by atoms with E-state index in [1.54, 1.807) is 24.5 Å². The maximum absolute atomic E-state index is 12.0. The fraction of sp³-hybridized carbons (Fsp3) is 0.167. The Morgan fingerprint density at radius 1 is 1.09 bits per heavy atom. The molecule has 3 aromatic rings. The van der Waals surface area contributed by atoms with Gasteiger partial charge in [-0.05, 0) is 30.0 Å². The molecule has 0 bridgehead atoms. The number of hydrogen-bond acceptors (Lipinski definition) is 4. The van der Waals surface area contributed by atoms with Crippen molar-refractivity contribution in [3.05, 3.63) is 60.4 Å². The molecule has 2 heterocycles. The Labute approximate surface area is 134 Å². The molecule has 2 aromatic heterocycles. The predicted molar refractivity (Wildman–Crippen MR) is 91.9 cm³/mol. The first-order valence-corrected chi connectivity index (χ1v) is 7.63. The normalized spacial score (nSPS) is 10.5.